The number of nitrogens with one attached hydrogen (secondary N) is 2. The first-order valence-corrected chi connectivity index (χ1v) is 12.8. The Kier molecular flexibility index (Phi) is 8.16. The molecule has 1 unspecified atom stereocenters. The fourth-order valence-electron chi connectivity index (χ4n) is 3.83. The van der Waals surface area contributed by atoms with Gasteiger partial charge in [0.15, 0.2) is 0 Å². The highest BCUT2D eigenvalue weighted by atomic mass is 31.1. The van der Waals surface area contributed by atoms with Crippen molar-refractivity contribution in [1.82, 2.24) is 5.09 Å². The third kappa shape index (κ3) is 6.56. The first-order chi connectivity index (χ1) is 13.8. The summed E-state index contributed by atoms with van der Waals surface area (Å²) < 4.78 is 0. The molecule has 0 radical (unpaired) electrons. The average Bonchev–Trinajstić information content (AvgIpc) is 2.63. The molecular formula is C27H43N2P. The molecular weight excluding hydrogens is 383 g/mol. The predicted molar refractivity (Wildman–Crippen MR) is 137 cm³/mol. The van der Waals surface area contributed by atoms with Gasteiger partial charge in [-0.25, -0.2) is 0 Å². The molecule has 0 aliphatic rings. The highest BCUT2D eigenvalue weighted by Crippen LogP contribution is 2.44. The molecule has 0 aromatic heterocycles. The molecule has 0 spiro atoms. The third-order valence-corrected chi connectivity index (χ3v) is 8.32. The van der Waals surface area contributed by atoms with Crippen molar-refractivity contribution in [3.05, 3.63) is 65.2 Å². The minimum Gasteiger partial charge on any atom is -0.366 e. The van der Waals surface area contributed by atoms with E-state index in [0.717, 1.165) is 0 Å². The molecule has 0 aliphatic heterocycles. The van der Waals surface area contributed by atoms with Crippen LogP contribution in [0.1, 0.15) is 92.1 Å². The van der Waals surface area contributed by atoms with Gasteiger partial charge in [-0.05, 0) is 53.0 Å². The van der Waals surface area contributed by atoms with E-state index in [0.29, 0.717) is 11.3 Å². The van der Waals surface area contributed by atoms with Crippen LogP contribution in [0.3, 0.4) is 0 Å². The molecule has 0 bridgehead atoms. The average molecular weight is 427 g/mol. The molecule has 0 saturated heterocycles. The van der Waals surface area contributed by atoms with E-state index >= 15 is 0 Å². The molecule has 30 heavy (non-hydrogen) atoms. The van der Waals surface area contributed by atoms with Crippen molar-refractivity contribution in [3.8, 4) is 0 Å². The molecule has 0 aliphatic carbocycles. The lowest BCUT2D eigenvalue weighted by molar-refractivity contribution is 0.587. The molecule has 0 amide bonds. The van der Waals surface area contributed by atoms with Gasteiger partial charge < -0.3 is 5.32 Å². The van der Waals surface area contributed by atoms with Crippen LogP contribution in [0.4, 0.5) is 5.69 Å². The van der Waals surface area contributed by atoms with Gasteiger partial charge in [-0.15, -0.1) is 0 Å². The van der Waals surface area contributed by atoms with Crippen molar-refractivity contribution in [2.45, 2.75) is 97.6 Å². The lowest BCUT2D eigenvalue weighted by Gasteiger charge is -2.34. The lowest BCUT2D eigenvalue weighted by Crippen LogP contribution is -2.30. The molecule has 0 saturated carbocycles. The quantitative estimate of drug-likeness (QED) is 0.344. The summed E-state index contributed by atoms with van der Waals surface area (Å²) >= 11 is 0. The SMILES string of the molecule is CC(C)P(NC(Nc1ccccc1C(C)(C)C)c1ccc(C(C)(C)C)cc1)C(C)C. The predicted octanol–water partition coefficient (Wildman–Crippen LogP) is 8.20. The minimum absolute atomic E-state index is 0.0819. The number of anilines is 1. The monoisotopic (exact) mass is 426 g/mol. The highest BCUT2D eigenvalue weighted by Gasteiger charge is 2.25. The van der Waals surface area contributed by atoms with Crippen LogP contribution in [0.15, 0.2) is 48.5 Å². The summed E-state index contributed by atoms with van der Waals surface area (Å²) in [6, 6.07) is 17.9. The van der Waals surface area contributed by atoms with Gasteiger partial charge in [-0.3, -0.25) is 5.09 Å². The normalized spacial score (nSPS) is 13.9. The van der Waals surface area contributed by atoms with Crippen molar-refractivity contribution in [2.75, 3.05) is 5.32 Å². The van der Waals surface area contributed by atoms with Gasteiger partial charge >= 0.3 is 0 Å². The van der Waals surface area contributed by atoms with Crippen LogP contribution < -0.4 is 10.4 Å². The molecule has 166 valence electrons. The van der Waals surface area contributed by atoms with E-state index in [1.54, 1.807) is 0 Å². The fourth-order valence-corrected chi connectivity index (χ4v) is 6.13. The number of para-hydroxylation sites is 1. The van der Waals surface area contributed by atoms with Crippen molar-refractivity contribution in [3.63, 3.8) is 0 Å². The molecule has 2 nitrogen and oxygen atoms in total. The summed E-state index contributed by atoms with van der Waals surface area (Å²) in [4.78, 5) is 0. The Morgan fingerprint density at radius 3 is 1.70 bits per heavy atom. The number of benzene rings is 2. The van der Waals surface area contributed by atoms with Crippen molar-refractivity contribution >= 4 is 13.8 Å². The minimum atomic E-state index is -0.318. The van der Waals surface area contributed by atoms with Gasteiger partial charge in [0.25, 0.3) is 0 Å². The van der Waals surface area contributed by atoms with Crippen LogP contribution in [-0.4, -0.2) is 11.3 Å². The zero-order valence-corrected chi connectivity index (χ0v) is 21.7. The summed E-state index contributed by atoms with van der Waals surface area (Å²) in [7, 11) is -0.318. The van der Waals surface area contributed by atoms with Gasteiger partial charge in [0, 0.05) is 5.69 Å². The standard InChI is InChI=1S/C27H43N2P/c1-19(2)30(20(3)4)29-25(21-15-17-22(18-16-21)26(5,6)7)28-24-14-12-11-13-23(24)27(8,9)10/h11-20,25,28-29H,1-10H3. The smallest absolute Gasteiger partial charge is 0.106 e. The van der Waals surface area contributed by atoms with Crippen molar-refractivity contribution in [1.29, 1.82) is 0 Å². The molecule has 2 aromatic rings. The first-order valence-electron chi connectivity index (χ1n) is 11.3. The van der Waals surface area contributed by atoms with Gasteiger partial charge in [-0.1, -0.05) is 112 Å². The molecule has 1 atom stereocenters. The van der Waals surface area contributed by atoms with E-state index in [1.807, 2.05) is 0 Å². The van der Waals surface area contributed by atoms with E-state index in [1.165, 1.54) is 22.4 Å². The Morgan fingerprint density at radius 2 is 1.23 bits per heavy atom. The molecule has 3 heteroatoms. The maximum atomic E-state index is 4.01. The van der Waals surface area contributed by atoms with Crippen molar-refractivity contribution < 1.29 is 0 Å². The largest absolute Gasteiger partial charge is 0.366 e. The number of hydrogen-bond acceptors (Lipinski definition) is 2. The topological polar surface area (TPSA) is 24.1 Å². The van der Waals surface area contributed by atoms with Crippen LogP contribution in [0, 0.1) is 0 Å². The summed E-state index contributed by atoms with van der Waals surface area (Å²) in [6.45, 7) is 23.0. The Morgan fingerprint density at radius 1 is 0.700 bits per heavy atom. The third-order valence-electron chi connectivity index (χ3n) is 5.54. The van der Waals surface area contributed by atoms with Crippen LogP contribution in [0.5, 0.6) is 0 Å². The summed E-state index contributed by atoms with van der Waals surface area (Å²) in [5, 5.41) is 7.88. The summed E-state index contributed by atoms with van der Waals surface area (Å²) in [5.41, 5.74) is 6.72. The molecule has 0 fully saturated rings. The zero-order chi connectivity index (χ0) is 22.7. The van der Waals surface area contributed by atoms with E-state index in [4.69, 9.17) is 0 Å². The Bertz CT molecular complexity index is 787. The number of rotatable bonds is 7. The van der Waals surface area contributed by atoms with Gasteiger partial charge in [0.2, 0.25) is 0 Å². The van der Waals surface area contributed by atoms with E-state index in [-0.39, 0.29) is 25.1 Å². The molecule has 2 rings (SSSR count). The highest BCUT2D eigenvalue weighted by molar-refractivity contribution is 7.57. The maximum absolute atomic E-state index is 4.01. The van der Waals surface area contributed by atoms with Crippen LogP contribution in [0.2, 0.25) is 0 Å². The summed E-state index contributed by atoms with van der Waals surface area (Å²) in [6.07, 6.45) is 0.0819. The molecule has 2 aromatic carbocycles. The first kappa shape index (κ1) is 24.9. The number of hydrogen-bond donors (Lipinski definition) is 2. The summed E-state index contributed by atoms with van der Waals surface area (Å²) in [5.74, 6) is 0. The lowest BCUT2D eigenvalue weighted by atomic mass is 9.85. The Hall–Kier alpha value is -1.37. The second-order valence-corrected chi connectivity index (χ2v) is 14.1. The van der Waals surface area contributed by atoms with Crippen LogP contribution in [0.25, 0.3) is 0 Å². The van der Waals surface area contributed by atoms with Crippen LogP contribution in [-0.2, 0) is 10.8 Å². The van der Waals surface area contributed by atoms with E-state index < -0.39 is 0 Å². The Labute approximate surface area is 187 Å². The maximum Gasteiger partial charge on any atom is 0.106 e. The second kappa shape index (κ2) is 9.84. The Balaban J connectivity index is 2.45. The van der Waals surface area contributed by atoms with Gasteiger partial charge in [0.05, 0.1) is 0 Å². The second-order valence-electron chi connectivity index (χ2n) is 11.0. The van der Waals surface area contributed by atoms with E-state index in [9.17, 15) is 0 Å². The zero-order valence-electron chi connectivity index (χ0n) is 20.8. The van der Waals surface area contributed by atoms with Gasteiger partial charge in [-0.2, -0.15) is 0 Å². The van der Waals surface area contributed by atoms with Gasteiger partial charge in [0.1, 0.15) is 6.17 Å². The molecule has 0 heterocycles. The molecule has 2 N–H and O–H groups in total. The van der Waals surface area contributed by atoms with E-state index in [2.05, 4.69) is 128 Å². The van der Waals surface area contributed by atoms with Crippen LogP contribution >= 0.6 is 8.07 Å². The van der Waals surface area contributed by atoms with Crippen molar-refractivity contribution in [2.24, 2.45) is 0 Å². The fraction of sp³-hybridized carbons (Fsp3) is 0.556.